The molecule has 0 fully saturated rings. The summed E-state index contributed by atoms with van der Waals surface area (Å²) in [6.07, 6.45) is 0. The van der Waals surface area contributed by atoms with Gasteiger partial charge < -0.3 is 5.32 Å². The van der Waals surface area contributed by atoms with Crippen molar-refractivity contribution in [2.75, 3.05) is 5.32 Å². The largest absolute Gasteiger partial charge is 0.380 e. The van der Waals surface area contributed by atoms with Crippen LogP contribution in [-0.4, -0.2) is 4.92 Å². The van der Waals surface area contributed by atoms with Crippen LogP contribution in [0.25, 0.3) is 0 Å². The van der Waals surface area contributed by atoms with Crippen LogP contribution >= 0.6 is 31.9 Å². The van der Waals surface area contributed by atoms with Gasteiger partial charge in [0.15, 0.2) is 0 Å². The zero-order valence-electron chi connectivity index (χ0n) is 9.77. The Morgan fingerprint density at radius 1 is 1.16 bits per heavy atom. The number of nitrogens with zero attached hydrogens (tertiary/aromatic N) is 1. The van der Waals surface area contributed by atoms with Crippen molar-refractivity contribution in [3.63, 3.8) is 0 Å². The maximum atomic E-state index is 11.0. The molecule has 0 aliphatic carbocycles. The normalized spacial score (nSPS) is 10.2. The van der Waals surface area contributed by atoms with E-state index in [0.29, 0.717) is 16.6 Å². The molecule has 0 aliphatic rings. The molecule has 4 nitrogen and oxygen atoms in total. The van der Waals surface area contributed by atoms with Crippen molar-refractivity contribution in [3.8, 4) is 0 Å². The standard InChI is InChI=1S/C13H10Br2N2O2/c14-10-6-5-9(13(7-10)17(18)19)8-16-12-4-2-1-3-11(12)15/h1-7,16H,8H2. The van der Waals surface area contributed by atoms with E-state index in [1.807, 2.05) is 24.3 Å². The predicted octanol–water partition coefficient (Wildman–Crippen LogP) is 4.73. The molecule has 0 amide bonds. The monoisotopic (exact) mass is 384 g/mol. The van der Waals surface area contributed by atoms with Crippen molar-refractivity contribution >= 4 is 43.2 Å². The van der Waals surface area contributed by atoms with E-state index in [1.165, 1.54) is 6.07 Å². The van der Waals surface area contributed by atoms with E-state index >= 15 is 0 Å². The van der Waals surface area contributed by atoms with Crippen LogP contribution in [0.15, 0.2) is 51.4 Å². The number of halogens is 2. The summed E-state index contributed by atoms with van der Waals surface area (Å²) in [6.45, 7) is 0.395. The average Bonchev–Trinajstić information content (AvgIpc) is 2.38. The summed E-state index contributed by atoms with van der Waals surface area (Å²) in [5.74, 6) is 0. The SMILES string of the molecule is O=[N+]([O-])c1cc(Br)ccc1CNc1ccccc1Br. The van der Waals surface area contributed by atoms with E-state index in [1.54, 1.807) is 12.1 Å². The smallest absolute Gasteiger partial charge is 0.275 e. The van der Waals surface area contributed by atoms with Crippen LogP contribution < -0.4 is 5.32 Å². The number of hydrogen-bond donors (Lipinski definition) is 1. The van der Waals surface area contributed by atoms with Gasteiger partial charge in [0.05, 0.1) is 4.92 Å². The van der Waals surface area contributed by atoms with Crippen molar-refractivity contribution in [1.82, 2.24) is 0 Å². The minimum Gasteiger partial charge on any atom is -0.380 e. The third kappa shape index (κ3) is 3.54. The highest BCUT2D eigenvalue weighted by molar-refractivity contribution is 9.10. The van der Waals surface area contributed by atoms with Crippen LogP contribution in [0.5, 0.6) is 0 Å². The van der Waals surface area contributed by atoms with Gasteiger partial charge in [-0.05, 0) is 40.2 Å². The Hall–Kier alpha value is -1.40. The second-order valence-corrected chi connectivity index (χ2v) is 5.63. The van der Waals surface area contributed by atoms with Crippen molar-refractivity contribution in [1.29, 1.82) is 0 Å². The van der Waals surface area contributed by atoms with Crippen molar-refractivity contribution in [2.45, 2.75) is 6.54 Å². The first-order valence-electron chi connectivity index (χ1n) is 5.49. The first kappa shape index (κ1) is 14.0. The number of rotatable bonds is 4. The number of benzene rings is 2. The summed E-state index contributed by atoms with van der Waals surface area (Å²) in [5, 5.41) is 14.2. The molecule has 0 spiro atoms. The quantitative estimate of drug-likeness (QED) is 0.611. The van der Waals surface area contributed by atoms with E-state index < -0.39 is 0 Å². The van der Waals surface area contributed by atoms with Gasteiger partial charge in [-0.1, -0.05) is 28.1 Å². The maximum Gasteiger partial charge on any atom is 0.275 e. The van der Waals surface area contributed by atoms with Gasteiger partial charge >= 0.3 is 0 Å². The minimum atomic E-state index is -0.373. The highest BCUT2D eigenvalue weighted by Crippen LogP contribution is 2.26. The summed E-state index contributed by atoms with van der Waals surface area (Å²) in [7, 11) is 0. The molecular formula is C13H10Br2N2O2. The molecule has 98 valence electrons. The Morgan fingerprint density at radius 3 is 2.58 bits per heavy atom. The molecule has 0 aliphatic heterocycles. The lowest BCUT2D eigenvalue weighted by Crippen LogP contribution is -2.03. The fourth-order valence-electron chi connectivity index (χ4n) is 1.65. The van der Waals surface area contributed by atoms with Crippen LogP contribution in [-0.2, 0) is 6.54 Å². The van der Waals surface area contributed by atoms with Gasteiger partial charge in [-0.2, -0.15) is 0 Å². The molecule has 0 radical (unpaired) electrons. The number of hydrogen-bond acceptors (Lipinski definition) is 3. The Balaban J connectivity index is 2.20. The fraction of sp³-hybridized carbons (Fsp3) is 0.0769. The Bertz CT molecular complexity index is 617. The first-order chi connectivity index (χ1) is 9.08. The van der Waals surface area contributed by atoms with E-state index in [9.17, 15) is 10.1 Å². The molecule has 0 atom stereocenters. The highest BCUT2D eigenvalue weighted by atomic mass is 79.9. The molecule has 0 heterocycles. The Labute approximate surface area is 127 Å². The van der Waals surface area contributed by atoms with Gasteiger partial charge in [-0.25, -0.2) is 0 Å². The van der Waals surface area contributed by atoms with Gasteiger partial charge in [0, 0.05) is 32.8 Å². The zero-order chi connectivity index (χ0) is 13.8. The average molecular weight is 386 g/mol. The van der Waals surface area contributed by atoms with Crippen molar-refractivity contribution in [3.05, 3.63) is 67.1 Å². The lowest BCUT2D eigenvalue weighted by atomic mass is 10.2. The lowest BCUT2D eigenvalue weighted by Gasteiger charge is -2.09. The number of nitro benzene ring substituents is 1. The molecule has 2 rings (SSSR count). The summed E-state index contributed by atoms with van der Waals surface area (Å²) >= 11 is 6.66. The van der Waals surface area contributed by atoms with Crippen molar-refractivity contribution < 1.29 is 4.92 Å². The van der Waals surface area contributed by atoms with E-state index in [2.05, 4.69) is 37.2 Å². The number of nitrogens with one attached hydrogen (secondary N) is 1. The van der Waals surface area contributed by atoms with Crippen LogP contribution in [0, 0.1) is 10.1 Å². The van der Waals surface area contributed by atoms with Gasteiger partial charge in [0.2, 0.25) is 0 Å². The first-order valence-corrected chi connectivity index (χ1v) is 7.08. The summed E-state index contributed by atoms with van der Waals surface area (Å²) < 4.78 is 1.62. The van der Waals surface area contributed by atoms with Gasteiger partial charge in [-0.3, -0.25) is 10.1 Å². The third-order valence-corrected chi connectivity index (χ3v) is 3.77. The molecule has 2 aromatic rings. The second-order valence-electron chi connectivity index (χ2n) is 3.86. The predicted molar refractivity (Wildman–Crippen MR) is 82.3 cm³/mol. The summed E-state index contributed by atoms with van der Waals surface area (Å²) in [4.78, 5) is 10.6. The molecule has 6 heteroatoms. The minimum absolute atomic E-state index is 0.105. The third-order valence-electron chi connectivity index (χ3n) is 2.59. The zero-order valence-corrected chi connectivity index (χ0v) is 12.9. The Kier molecular flexibility index (Phi) is 4.55. The number of para-hydroxylation sites is 1. The summed E-state index contributed by atoms with van der Waals surface area (Å²) in [6, 6.07) is 12.7. The summed E-state index contributed by atoms with van der Waals surface area (Å²) in [5.41, 5.74) is 1.65. The van der Waals surface area contributed by atoms with E-state index in [0.717, 1.165) is 10.2 Å². The molecule has 19 heavy (non-hydrogen) atoms. The molecule has 0 saturated heterocycles. The van der Waals surface area contributed by atoms with Crippen molar-refractivity contribution in [2.24, 2.45) is 0 Å². The van der Waals surface area contributed by atoms with E-state index in [-0.39, 0.29) is 10.6 Å². The van der Waals surface area contributed by atoms with E-state index in [4.69, 9.17) is 0 Å². The number of nitro groups is 1. The molecular weight excluding hydrogens is 376 g/mol. The molecule has 0 bridgehead atoms. The molecule has 0 saturated carbocycles. The second kappa shape index (κ2) is 6.16. The fourth-order valence-corrected chi connectivity index (χ4v) is 2.43. The molecule has 2 aromatic carbocycles. The van der Waals surface area contributed by atoms with Crippen LogP contribution in [0.4, 0.5) is 11.4 Å². The topological polar surface area (TPSA) is 55.2 Å². The van der Waals surface area contributed by atoms with Gasteiger partial charge in [0.1, 0.15) is 0 Å². The maximum absolute atomic E-state index is 11.0. The lowest BCUT2D eigenvalue weighted by molar-refractivity contribution is -0.385. The molecule has 1 N–H and O–H groups in total. The van der Waals surface area contributed by atoms with Crippen LogP contribution in [0.1, 0.15) is 5.56 Å². The van der Waals surface area contributed by atoms with Crippen LogP contribution in [0.3, 0.4) is 0 Å². The van der Waals surface area contributed by atoms with Gasteiger partial charge in [0.25, 0.3) is 5.69 Å². The highest BCUT2D eigenvalue weighted by Gasteiger charge is 2.13. The van der Waals surface area contributed by atoms with Gasteiger partial charge in [-0.15, -0.1) is 0 Å². The Morgan fingerprint density at radius 2 is 1.89 bits per heavy atom. The number of anilines is 1. The van der Waals surface area contributed by atoms with Crippen LogP contribution in [0.2, 0.25) is 0 Å². The molecule has 0 aromatic heterocycles. The molecule has 0 unspecified atom stereocenters.